The highest BCUT2D eigenvalue weighted by Gasteiger charge is 2.11. The maximum atomic E-state index is 12.2. The first kappa shape index (κ1) is 14.1. The molecule has 2 rings (SSSR count). The number of methoxy groups -OCH3 is 1. The molecule has 4 nitrogen and oxygen atoms in total. The molecule has 2 aromatic rings. The van der Waals surface area contributed by atoms with E-state index in [0.717, 1.165) is 23.6 Å². The summed E-state index contributed by atoms with van der Waals surface area (Å²) >= 11 is 0. The predicted octanol–water partition coefficient (Wildman–Crippen LogP) is 3.12. The molecule has 0 unspecified atom stereocenters. The van der Waals surface area contributed by atoms with Crippen LogP contribution in [0, 0.1) is 6.92 Å². The van der Waals surface area contributed by atoms with Crippen molar-refractivity contribution >= 4 is 11.9 Å². The van der Waals surface area contributed by atoms with Crippen LogP contribution in [0.3, 0.4) is 0 Å². The van der Waals surface area contributed by atoms with Crippen LogP contribution in [0.1, 0.15) is 28.5 Å². The Morgan fingerprint density at radius 2 is 2.15 bits per heavy atom. The van der Waals surface area contributed by atoms with Gasteiger partial charge >= 0.3 is 0 Å². The molecule has 0 bridgehead atoms. The summed E-state index contributed by atoms with van der Waals surface area (Å²) in [6.07, 6.45) is 4.94. The van der Waals surface area contributed by atoms with Gasteiger partial charge in [0.1, 0.15) is 5.75 Å². The van der Waals surface area contributed by atoms with Gasteiger partial charge in [-0.25, -0.2) is 0 Å². The van der Waals surface area contributed by atoms with E-state index in [1.807, 2.05) is 42.8 Å². The third kappa shape index (κ3) is 2.79. The summed E-state index contributed by atoms with van der Waals surface area (Å²) in [6.45, 7) is 4.66. The Bertz CT molecular complexity index is 642. The van der Waals surface area contributed by atoms with Crippen molar-refractivity contribution in [2.24, 2.45) is 0 Å². The molecule has 0 aliphatic rings. The molecule has 0 aliphatic heterocycles. The Morgan fingerprint density at radius 3 is 2.80 bits per heavy atom. The van der Waals surface area contributed by atoms with Crippen LogP contribution >= 0.6 is 0 Å². The molecule has 1 heterocycles. The minimum Gasteiger partial charge on any atom is -0.496 e. The monoisotopic (exact) mass is 270 g/mol. The Balaban J connectivity index is 2.22. The van der Waals surface area contributed by atoms with Gasteiger partial charge in [0.05, 0.1) is 18.9 Å². The number of carbonyl (C=O) groups excluding carboxylic acids is 1. The van der Waals surface area contributed by atoms with Crippen molar-refractivity contribution in [1.29, 1.82) is 0 Å². The summed E-state index contributed by atoms with van der Waals surface area (Å²) < 4.78 is 7.06. The molecule has 0 aliphatic carbocycles. The number of benzene rings is 1. The minimum atomic E-state index is -0.0480. The second-order valence-electron chi connectivity index (χ2n) is 4.40. The summed E-state index contributed by atoms with van der Waals surface area (Å²) in [4.78, 5) is 12.2. The van der Waals surface area contributed by atoms with E-state index >= 15 is 0 Å². The van der Waals surface area contributed by atoms with E-state index in [0.29, 0.717) is 5.56 Å². The number of para-hydroxylation sites is 1. The molecular formula is C16H18N2O2. The van der Waals surface area contributed by atoms with Crippen LogP contribution in [0.5, 0.6) is 5.75 Å². The highest BCUT2D eigenvalue weighted by atomic mass is 16.5. The molecule has 4 heteroatoms. The van der Waals surface area contributed by atoms with Crippen molar-refractivity contribution in [2.45, 2.75) is 20.4 Å². The van der Waals surface area contributed by atoms with E-state index in [2.05, 4.69) is 5.10 Å². The van der Waals surface area contributed by atoms with Crippen molar-refractivity contribution in [2.75, 3.05) is 7.11 Å². The highest BCUT2D eigenvalue weighted by molar-refractivity contribution is 6.07. The molecule has 0 spiro atoms. The average molecular weight is 270 g/mol. The van der Waals surface area contributed by atoms with E-state index in [1.54, 1.807) is 25.5 Å². The van der Waals surface area contributed by atoms with Gasteiger partial charge in [0.15, 0.2) is 5.78 Å². The standard InChI is InChI=1S/C16H18N2O2/c1-4-18-12(2)14(11-17-18)15(19)10-9-13-7-5-6-8-16(13)20-3/h5-11H,4H2,1-3H3/b10-9+. The lowest BCUT2D eigenvalue weighted by Gasteiger charge is -2.03. The van der Waals surface area contributed by atoms with Gasteiger partial charge < -0.3 is 4.74 Å². The molecule has 104 valence electrons. The Labute approximate surface area is 118 Å². The van der Waals surface area contributed by atoms with Gasteiger partial charge in [0, 0.05) is 17.8 Å². The number of hydrogen-bond acceptors (Lipinski definition) is 3. The quantitative estimate of drug-likeness (QED) is 0.619. The molecule has 0 radical (unpaired) electrons. The summed E-state index contributed by atoms with van der Waals surface area (Å²) in [5, 5.41) is 4.18. The lowest BCUT2D eigenvalue weighted by Crippen LogP contribution is -2.01. The normalized spacial score (nSPS) is 10.9. The number of ether oxygens (including phenoxy) is 1. The zero-order chi connectivity index (χ0) is 14.5. The zero-order valence-corrected chi connectivity index (χ0v) is 12.0. The van der Waals surface area contributed by atoms with E-state index < -0.39 is 0 Å². The van der Waals surface area contributed by atoms with Crippen LogP contribution in [0.25, 0.3) is 6.08 Å². The summed E-state index contributed by atoms with van der Waals surface area (Å²) in [7, 11) is 1.62. The van der Waals surface area contributed by atoms with Crippen molar-refractivity contribution < 1.29 is 9.53 Å². The van der Waals surface area contributed by atoms with Crippen LogP contribution in [0.15, 0.2) is 36.5 Å². The number of aromatic nitrogens is 2. The third-order valence-corrected chi connectivity index (χ3v) is 3.22. The predicted molar refractivity (Wildman–Crippen MR) is 79.0 cm³/mol. The average Bonchev–Trinajstić information content (AvgIpc) is 2.86. The van der Waals surface area contributed by atoms with Crippen molar-refractivity contribution in [3.05, 3.63) is 53.4 Å². The first-order valence-corrected chi connectivity index (χ1v) is 6.55. The fraction of sp³-hybridized carbons (Fsp3) is 0.250. The second-order valence-corrected chi connectivity index (χ2v) is 4.40. The Kier molecular flexibility index (Phi) is 4.35. The maximum Gasteiger partial charge on any atom is 0.189 e. The number of ketones is 1. The van der Waals surface area contributed by atoms with Crippen molar-refractivity contribution in [3.63, 3.8) is 0 Å². The van der Waals surface area contributed by atoms with Gasteiger partial charge in [-0.1, -0.05) is 18.2 Å². The number of aryl methyl sites for hydroxylation is 1. The van der Waals surface area contributed by atoms with Crippen molar-refractivity contribution in [3.8, 4) is 5.75 Å². The second kappa shape index (κ2) is 6.19. The molecule has 1 aromatic carbocycles. The van der Waals surface area contributed by atoms with Gasteiger partial charge in [-0.3, -0.25) is 9.48 Å². The lowest BCUT2D eigenvalue weighted by molar-refractivity contribution is 0.104. The minimum absolute atomic E-state index is 0.0480. The fourth-order valence-corrected chi connectivity index (χ4v) is 2.07. The third-order valence-electron chi connectivity index (χ3n) is 3.22. The number of hydrogen-bond donors (Lipinski definition) is 0. The van der Waals surface area contributed by atoms with E-state index in [4.69, 9.17) is 4.74 Å². The van der Waals surface area contributed by atoms with Gasteiger partial charge in [0.2, 0.25) is 0 Å². The molecule has 0 saturated carbocycles. The topological polar surface area (TPSA) is 44.1 Å². The maximum absolute atomic E-state index is 12.2. The number of carbonyl (C=O) groups is 1. The molecule has 0 saturated heterocycles. The molecular weight excluding hydrogens is 252 g/mol. The number of rotatable bonds is 5. The Morgan fingerprint density at radius 1 is 1.40 bits per heavy atom. The van der Waals surface area contributed by atoms with Gasteiger partial charge in [0.25, 0.3) is 0 Å². The smallest absolute Gasteiger partial charge is 0.189 e. The van der Waals surface area contributed by atoms with Crippen LogP contribution in [0.4, 0.5) is 0 Å². The highest BCUT2D eigenvalue weighted by Crippen LogP contribution is 2.19. The van der Waals surface area contributed by atoms with Crippen LogP contribution in [-0.4, -0.2) is 22.7 Å². The summed E-state index contributed by atoms with van der Waals surface area (Å²) in [6, 6.07) is 7.58. The van der Waals surface area contributed by atoms with E-state index in [9.17, 15) is 4.79 Å². The Hall–Kier alpha value is -2.36. The van der Waals surface area contributed by atoms with Crippen molar-refractivity contribution in [1.82, 2.24) is 9.78 Å². The first-order valence-electron chi connectivity index (χ1n) is 6.55. The van der Waals surface area contributed by atoms with Gasteiger partial charge in [-0.15, -0.1) is 0 Å². The fourth-order valence-electron chi connectivity index (χ4n) is 2.07. The zero-order valence-electron chi connectivity index (χ0n) is 12.0. The molecule has 0 fully saturated rings. The molecule has 1 aromatic heterocycles. The first-order chi connectivity index (χ1) is 9.67. The molecule has 20 heavy (non-hydrogen) atoms. The largest absolute Gasteiger partial charge is 0.496 e. The SMILES string of the molecule is CCn1ncc(C(=O)/C=C/c2ccccc2OC)c1C. The molecule has 0 amide bonds. The van der Waals surface area contributed by atoms with Crippen LogP contribution < -0.4 is 4.74 Å². The molecule has 0 atom stereocenters. The van der Waals surface area contributed by atoms with Gasteiger partial charge in [-0.2, -0.15) is 5.10 Å². The lowest BCUT2D eigenvalue weighted by atomic mass is 10.1. The van der Waals surface area contributed by atoms with Gasteiger partial charge in [-0.05, 0) is 32.1 Å². The number of nitrogens with zero attached hydrogens (tertiary/aromatic N) is 2. The molecule has 0 N–H and O–H groups in total. The van der Waals surface area contributed by atoms with Crippen LogP contribution in [0.2, 0.25) is 0 Å². The summed E-state index contributed by atoms with van der Waals surface area (Å²) in [5.74, 6) is 0.700. The van der Waals surface area contributed by atoms with Crippen LogP contribution in [-0.2, 0) is 6.54 Å². The van der Waals surface area contributed by atoms with E-state index in [1.165, 1.54) is 0 Å². The summed E-state index contributed by atoms with van der Waals surface area (Å²) in [5.41, 5.74) is 2.41. The number of allylic oxidation sites excluding steroid dienone is 1. The van der Waals surface area contributed by atoms with E-state index in [-0.39, 0.29) is 5.78 Å².